The molecule has 0 spiro atoms. The minimum Gasteiger partial charge on any atom is -0.497 e. The highest BCUT2D eigenvalue weighted by atomic mass is 79.9. The van der Waals surface area contributed by atoms with Gasteiger partial charge in [-0.25, -0.2) is 13.8 Å². The Kier molecular flexibility index (Phi) is 8.00. The highest BCUT2D eigenvalue weighted by Crippen LogP contribution is 2.32. The fraction of sp³-hybridized carbons (Fsp3) is 0.176. The number of hydrogen-bond acceptors (Lipinski definition) is 4. The van der Waals surface area contributed by atoms with Crippen LogP contribution in [0, 0.1) is 11.6 Å². The molecular formula is C34H28BrF2N3O2. The average Bonchev–Trinajstić information content (AvgIpc) is 3.02. The van der Waals surface area contributed by atoms with Crippen LogP contribution < -0.4 is 4.74 Å². The third kappa shape index (κ3) is 5.78. The van der Waals surface area contributed by atoms with Crippen molar-refractivity contribution in [2.75, 3.05) is 33.3 Å². The van der Waals surface area contributed by atoms with Gasteiger partial charge in [0.15, 0.2) is 0 Å². The van der Waals surface area contributed by atoms with Crippen molar-refractivity contribution in [3.8, 4) is 17.0 Å². The minimum absolute atomic E-state index is 0.0752. The molecule has 1 amide bonds. The molecule has 2 heterocycles. The fourth-order valence-electron chi connectivity index (χ4n) is 5.54. The Morgan fingerprint density at radius 2 is 1.40 bits per heavy atom. The maximum atomic E-state index is 14.1. The van der Waals surface area contributed by atoms with Crippen molar-refractivity contribution in [2.45, 2.75) is 6.04 Å². The molecule has 1 aliphatic rings. The van der Waals surface area contributed by atoms with Crippen LogP contribution in [0.4, 0.5) is 8.78 Å². The lowest BCUT2D eigenvalue weighted by molar-refractivity contribution is 0.0599. The van der Waals surface area contributed by atoms with E-state index in [4.69, 9.17) is 9.72 Å². The molecule has 0 atom stereocenters. The Balaban J connectivity index is 1.30. The lowest BCUT2D eigenvalue weighted by atomic mass is 9.96. The van der Waals surface area contributed by atoms with E-state index < -0.39 is 0 Å². The molecule has 0 unspecified atom stereocenters. The summed E-state index contributed by atoms with van der Waals surface area (Å²) in [7, 11) is 1.60. The molecule has 1 fully saturated rings. The number of carbonyl (C=O) groups is 1. The second-order valence-electron chi connectivity index (χ2n) is 10.3. The van der Waals surface area contributed by atoms with Crippen molar-refractivity contribution >= 4 is 32.7 Å². The number of pyridine rings is 1. The van der Waals surface area contributed by atoms with Gasteiger partial charge in [0.1, 0.15) is 17.4 Å². The van der Waals surface area contributed by atoms with Crippen molar-refractivity contribution in [3.63, 3.8) is 0 Å². The Bertz CT molecular complexity index is 1670. The third-order valence-electron chi connectivity index (χ3n) is 7.72. The van der Waals surface area contributed by atoms with E-state index in [0.717, 1.165) is 32.2 Å². The number of benzene rings is 4. The largest absolute Gasteiger partial charge is 0.497 e. The Labute approximate surface area is 251 Å². The van der Waals surface area contributed by atoms with Gasteiger partial charge in [0.2, 0.25) is 0 Å². The van der Waals surface area contributed by atoms with Crippen LogP contribution in [-0.2, 0) is 0 Å². The van der Waals surface area contributed by atoms with Crippen molar-refractivity contribution < 1.29 is 18.3 Å². The molecule has 6 rings (SSSR count). The van der Waals surface area contributed by atoms with Crippen LogP contribution in [0.5, 0.6) is 5.75 Å². The van der Waals surface area contributed by atoms with Gasteiger partial charge in [0, 0.05) is 41.6 Å². The molecule has 8 heteroatoms. The van der Waals surface area contributed by atoms with E-state index in [2.05, 4.69) is 20.8 Å². The molecular weight excluding hydrogens is 600 g/mol. The Morgan fingerprint density at radius 1 is 0.810 bits per heavy atom. The second kappa shape index (κ2) is 12.0. The van der Waals surface area contributed by atoms with E-state index >= 15 is 0 Å². The van der Waals surface area contributed by atoms with Gasteiger partial charge in [-0.05, 0) is 71.8 Å². The summed E-state index contributed by atoms with van der Waals surface area (Å²) in [5.74, 6) is -0.0405. The maximum Gasteiger partial charge on any atom is 0.254 e. The molecule has 1 aliphatic heterocycles. The lowest BCUT2D eigenvalue weighted by Gasteiger charge is -2.40. The first-order chi connectivity index (χ1) is 20.4. The predicted octanol–water partition coefficient (Wildman–Crippen LogP) is 7.50. The third-order valence-corrected chi connectivity index (χ3v) is 8.25. The zero-order chi connectivity index (χ0) is 29.2. The van der Waals surface area contributed by atoms with E-state index in [9.17, 15) is 13.6 Å². The molecule has 0 saturated carbocycles. The zero-order valence-electron chi connectivity index (χ0n) is 22.9. The molecule has 1 aromatic heterocycles. The van der Waals surface area contributed by atoms with Gasteiger partial charge in [-0.3, -0.25) is 9.69 Å². The fourth-order valence-corrected chi connectivity index (χ4v) is 5.80. The van der Waals surface area contributed by atoms with E-state index in [-0.39, 0.29) is 23.6 Å². The highest BCUT2D eigenvalue weighted by Gasteiger charge is 2.30. The molecule has 0 bridgehead atoms. The first-order valence-electron chi connectivity index (χ1n) is 13.7. The van der Waals surface area contributed by atoms with Crippen molar-refractivity contribution in [1.29, 1.82) is 0 Å². The summed E-state index contributed by atoms with van der Waals surface area (Å²) in [5, 5.41) is 0.734. The van der Waals surface area contributed by atoms with Gasteiger partial charge in [0.25, 0.3) is 5.91 Å². The first-order valence-corrected chi connectivity index (χ1v) is 14.5. The molecule has 42 heavy (non-hydrogen) atoms. The number of hydrogen-bond donors (Lipinski definition) is 0. The average molecular weight is 629 g/mol. The molecule has 4 aromatic carbocycles. The topological polar surface area (TPSA) is 45.7 Å². The lowest BCUT2D eigenvalue weighted by Crippen LogP contribution is -2.50. The summed E-state index contributed by atoms with van der Waals surface area (Å²) in [5.41, 5.74) is 4.74. The molecule has 212 valence electrons. The SMILES string of the molecule is COc1ccc2nc(-c3ccc(Br)cc3)cc(C(=O)N3CCN(C(c4ccc(F)cc4)c4ccc(F)cc4)CC3)c2c1. The number of ether oxygens (including phenoxy) is 1. The van der Waals surface area contributed by atoms with E-state index in [1.165, 1.54) is 24.3 Å². The zero-order valence-corrected chi connectivity index (χ0v) is 24.5. The number of rotatable bonds is 6. The van der Waals surface area contributed by atoms with Gasteiger partial charge in [-0.15, -0.1) is 0 Å². The molecule has 0 N–H and O–H groups in total. The molecule has 5 aromatic rings. The van der Waals surface area contributed by atoms with Crippen LogP contribution >= 0.6 is 15.9 Å². The van der Waals surface area contributed by atoms with E-state index in [1.54, 1.807) is 31.4 Å². The van der Waals surface area contributed by atoms with Crippen molar-refractivity contribution in [2.24, 2.45) is 0 Å². The Hall–Kier alpha value is -4.14. The molecule has 1 saturated heterocycles. The summed E-state index contributed by atoms with van der Waals surface area (Å²) >= 11 is 3.48. The summed E-state index contributed by atoms with van der Waals surface area (Å²) < 4.78 is 33.9. The van der Waals surface area contributed by atoms with Gasteiger partial charge in [-0.1, -0.05) is 52.3 Å². The number of carbonyl (C=O) groups excluding carboxylic acids is 1. The van der Waals surface area contributed by atoms with Crippen LogP contribution in [0.25, 0.3) is 22.2 Å². The van der Waals surface area contributed by atoms with Crippen LogP contribution in [0.15, 0.2) is 102 Å². The van der Waals surface area contributed by atoms with Crippen LogP contribution in [0.3, 0.4) is 0 Å². The number of amides is 1. The van der Waals surface area contributed by atoms with Gasteiger partial charge < -0.3 is 9.64 Å². The summed E-state index contributed by atoms with van der Waals surface area (Å²) in [6, 6.07) is 27.9. The number of methoxy groups -OCH3 is 1. The smallest absolute Gasteiger partial charge is 0.254 e. The number of aromatic nitrogens is 1. The molecule has 5 nitrogen and oxygen atoms in total. The van der Waals surface area contributed by atoms with Crippen molar-refractivity contribution in [3.05, 3.63) is 130 Å². The standard InChI is InChI=1S/C34H28BrF2N3O2/c1-42-28-14-15-31-29(20-28)30(21-32(38-31)22-2-8-25(35)9-3-22)34(41)40-18-16-39(17-19-40)33(23-4-10-26(36)11-5-23)24-6-12-27(37)13-7-24/h2-15,20-21,33H,16-19H2,1H3. The van der Waals surface area contributed by atoms with Gasteiger partial charge in [-0.2, -0.15) is 0 Å². The Morgan fingerprint density at radius 3 is 1.98 bits per heavy atom. The first kappa shape index (κ1) is 28.0. The van der Waals surface area contributed by atoms with Crippen molar-refractivity contribution in [1.82, 2.24) is 14.8 Å². The monoisotopic (exact) mass is 627 g/mol. The number of piperazine rings is 1. The predicted molar refractivity (Wildman–Crippen MR) is 164 cm³/mol. The second-order valence-corrected chi connectivity index (χ2v) is 11.2. The highest BCUT2D eigenvalue weighted by molar-refractivity contribution is 9.10. The summed E-state index contributed by atoms with van der Waals surface area (Å²) in [6.07, 6.45) is 0. The van der Waals surface area contributed by atoms with Gasteiger partial charge >= 0.3 is 0 Å². The van der Waals surface area contributed by atoms with Gasteiger partial charge in [0.05, 0.1) is 29.9 Å². The normalized spacial score (nSPS) is 14.0. The van der Waals surface area contributed by atoms with E-state index in [0.29, 0.717) is 43.0 Å². The molecule has 0 aliphatic carbocycles. The summed E-state index contributed by atoms with van der Waals surface area (Å²) in [6.45, 7) is 2.19. The van der Waals surface area contributed by atoms with Crippen LogP contribution in [0.2, 0.25) is 0 Å². The van der Waals surface area contributed by atoms with Crippen LogP contribution in [0.1, 0.15) is 27.5 Å². The van der Waals surface area contributed by atoms with E-state index in [1.807, 2.05) is 53.4 Å². The van der Waals surface area contributed by atoms with Crippen LogP contribution in [-0.4, -0.2) is 54.0 Å². The number of fused-ring (bicyclic) bond motifs is 1. The minimum atomic E-state index is -0.310. The number of nitrogens with zero attached hydrogens (tertiary/aromatic N) is 3. The summed E-state index contributed by atoms with van der Waals surface area (Å²) in [4.78, 5) is 23.1. The maximum absolute atomic E-state index is 14.1. The quantitative estimate of drug-likeness (QED) is 0.196. The number of halogens is 3. The molecule has 0 radical (unpaired) electrons.